The number of amides is 1. The van der Waals surface area contributed by atoms with Crippen LogP contribution in [-0.2, 0) is 4.79 Å². The summed E-state index contributed by atoms with van der Waals surface area (Å²) in [5.41, 5.74) is 8.36. The molecule has 2 aromatic carbocycles. The standard InChI is InChI=1S/C19H21ClN2OS.ClH/c1-12(18(21)13-5-3-2-4-6-13)19(23)22-16-9-10-24-17-8-7-14(20)11-15(16)17;/h2-8,11-12,16,18H,9-10,21H2,1H3,(H,22,23);1H. The van der Waals surface area contributed by atoms with Gasteiger partial charge in [0.25, 0.3) is 0 Å². The van der Waals surface area contributed by atoms with Crippen LogP contribution in [0.1, 0.15) is 36.6 Å². The van der Waals surface area contributed by atoms with E-state index in [2.05, 4.69) is 5.32 Å². The molecule has 134 valence electrons. The summed E-state index contributed by atoms with van der Waals surface area (Å²) in [4.78, 5) is 13.9. The average molecular weight is 397 g/mol. The van der Waals surface area contributed by atoms with E-state index in [4.69, 9.17) is 17.3 Å². The van der Waals surface area contributed by atoms with Crippen LogP contribution in [0, 0.1) is 5.92 Å². The third kappa shape index (κ3) is 4.70. The number of fused-ring (bicyclic) bond motifs is 1. The van der Waals surface area contributed by atoms with E-state index < -0.39 is 0 Å². The molecule has 3 nitrogen and oxygen atoms in total. The number of hydrogen-bond acceptors (Lipinski definition) is 3. The summed E-state index contributed by atoms with van der Waals surface area (Å²) in [6, 6.07) is 15.3. The van der Waals surface area contributed by atoms with Crippen LogP contribution in [0.2, 0.25) is 5.02 Å². The van der Waals surface area contributed by atoms with Crippen molar-refractivity contribution in [2.75, 3.05) is 5.75 Å². The van der Waals surface area contributed by atoms with E-state index >= 15 is 0 Å². The van der Waals surface area contributed by atoms with Crippen LogP contribution in [-0.4, -0.2) is 11.7 Å². The zero-order valence-corrected chi connectivity index (χ0v) is 16.3. The summed E-state index contributed by atoms with van der Waals surface area (Å²) in [5, 5.41) is 3.86. The lowest BCUT2D eigenvalue weighted by Gasteiger charge is -2.28. The second-order valence-electron chi connectivity index (χ2n) is 6.11. The van der Waals surface area contributed by atoms with Crippen LogP contribution >= 0.6 is 35.8 Å². The van der Waals surface area contributed by atoms with E-state index in [1.54, 1.807) is 11.8 Å². The number of halogens is 2. The Morgan fingerprint density at radius 3 is 2.72 bits per heavy atom. The van der Waals surface area contributed by atoms with Gasteiger partial charge in [-0.25, -0.2) is 0 Å². The first-order chi connectivity index (χ1) is 11.6. The van der Waals surface area contributed by atoms with Gasteiger partial charge in [0.15, 0.2) is 0 Å². The maximum absolute atomic E-state index is 12.7. The summed E-state index contributed by atoms with van der Waals surface area (Å²) < 4.78 is 0. The van der Waals surface area contributed by atoms with Gasteiger partial charge in [-0.05, 0) is 35.7 Å². The molecular formula is C19H22Cl2N2OS. The third-order valence-corrected chi connectivity index (χ3v) is 5.82. The van der Waals surface area contributed by atoms with Crippen LogP contribution in [0.15, 0.2) is 53.4 Å². The number of nitrogens with one attached hydrogen (secondary N) is 1. The van der Waals surface area contributed by atoms with Gasteiger partial charge >= 0.3 is 0 Å². The van der Waals surface area contributed by atoms with E-state index in [9.17, 15) is 4.79 Å². The molecule has 0 saturated carbocycles. The molecule has 0 aromatic heterocycles. The van der Waals surface area contributed by atoms with E-state index in [1.807, 2.05) is 55.5 Å². The monoisotopic (exact) mass is 396 g/mol. The molecule has 1 aliphatic heterocycles. The molecule has 0 spiro atoms. The maximum Gasteiger partial charge on any atom is 0.225 e. The van der Waals surface area contributed by atoms with Crippen LogP contribution in [0.25, 0.3) is 0 Å². The normalized spacial score (nSPS) is 18.4. The number of rotatable bonds is 4. The number of nitrogens with two attached hydrogens (primary N) is 1. The zero-order valence-electron chi connectivity index (χ0n) is 13.9. The van der Waals surface area contributed by atoms with Gasteiger partial charge < -0.3 is 11.1 Å². The minimum absolute atomic E-state index is 0. The van der Waals surface area contributed by atoms with Crippen LogP contribution in [0.3, 0.4) is 0 Å². The molecule has 2 aromatic rings. The molecule has 6 heteroatoms. The summed E-state index contributed by atoms with van der Waals surface area (Å²) in [5.74, 6) is 0.664. The van der Waals surface area contributed by atoms with Gasteiger partial charge in [0, 0.05) is 21.7 Å². The summed E-state index contributed by atoms with van der Waals surface area (Å²) >= 11 is 7.93. The minimum atomic E-state index is -0.317. The Bertz CT molecular complexity index is 727. The largest absolute Gasteiger partial charge is 0.349 e. The van der Waals surface area contributed by atoms with E-state index in [0.717, 1.165) is 23.3 Å². The van der Waals surface area contributed by atoms with Gasteiger partial charge in [-0.2, -0.15) is 0 Å². The van der Waals surface area contributed by atoms with Crippen molar-refractivity contribution in [3.05, 3.63) is 64.7 Å². The van der Waals surface area contributed by atoms with Gasteiger partial charge in [-0.15, -0.1) is 24.2 Å². The molecule has 0 radical (unpaired) electrons. The molecule has 25 heavy (non-hydrogen) atoms. The first-order valence-corrected chi connectivity index (χ1v) is 9.46. The first-order valence-electron chi connectivity index (χ1n) is 8.09. The van der Waals surface area contributed by atoms with Crippen molar-refractivity contribution in [3.63, 3.8) is 0 Å². The number of benzene rings is 2. The SMILES string of the molecule is CC(C(=O)NC1CCSc2ccc(Cl)cc21)C(N)c1ccccc1.Cl. The van der Waals surface area contributed by atoms with E-state index in [-0.39, 0.29) is 36.3 Å². The quantitative estimate of drug-likeness (QED) is 0.783. The molecule has 3 unspecified atom stereocenters. The van der Waals surface area contributed by atoms with Gasteiger partial charge in [-0.3, -0.25) is 4.79 Å². The Morgan fingerprint density at radius 1 is 1.28 bits per heavy atom. The van der Waals surface area contributed by atoms with Crippen molar-refractivity contribution in [2.45, 2.75) is 30.3 Å². The second-order valence-corrected chi connectivity index (χ2v) is 7.68. The van der Waals surface area contributed by atoms with Crippen molar-refractivity contribution in [1.82, 2.24) is 5.32 Å². The van der Waals surface area contributed by atoms with Gasteiger partial charge in [0.1, 0.15) is 0 Å². The third-order valence-electron chi connectivity index (χ3n) is 4.46. The topological polar surface area (TPSA) is 55.1 Å². The van der Waals surface area contributed by atoms with Crippen molar-refractivity contribution >= 4 is 41.7 Å². The van der Waals surface area contributed by atoms with Gasteiger partial charge in [0.05, 0.1) is 12.0 Å². The molecule has 0 aliphatic carbocycles. The molecule has 3 rings (SSSR count). The average Bonchev–Trinajstić information content (AvgIpc) is 2.61. The van der Waals surface area contributed by atoms with Crippen molar-refractivity contribution in [1.29, 1.82) is 0 Å². The first kappa shape index (κ1) is 20.1. The highest BCUT2D eigenvalue weighted by Crippen LogP contribution is 2.37. The lowest BCUT2D eigenvalue weighted by atomic mass is 9.93. The second kappa shape index (κ2) is 8.95. The molecule has 3 atom stereocenters. The van der Waals surface area contributed by atoms with E-state index in [0.29, 0.717) is 5.02 Å². The maximum atomic E-state index is 12.7. The number of carbonyl (C=O) groups is 1. The fraction of sp³-hybridized carbons (Fsp3) is 0.316. The summed E-state index contributed by atoms with van der Waals surface area (Å²) in [6.07, 6.45) is 0.900. The lowest BCUT2D eigenvalue weighted by Crippen LogP contribution is -2.38. The Balaban J connectivity index is 0.00000225. The summed E-state index contributed by atoms with van der Waals surface area (Å²) in [7, 11) is 0. The highest BCUT2D eigenvalue weighted by Gasteiger charge is 2.27. The smallest absolute Gasteiger partial charge is 0.225 e. The van der Waals surface area contributed by atoms with Gasteiger partial charge in [0.2, 0.25) is 5.91 Å². The Hall–Kier alpha value is -1.20. The van der Waals surface area contributed by atoms with Crippen molar-refractivity contribution in [3.8, 4) is 0 Å². The van der Waals surface area contributed by atoms with Crippen molar-refractivity contribution < 1.29 is 4.79 Å². The zero-order chi connectivity index (χ0) is 17.1. The van der Waals surface area contributed by atoms with Crippen molar-refractivity contribution in [2.24, 2.45) is 11.7 Å². The molecule has 1 aliphatic rings. The molecule has 0 bridgehead atoms. The minimum Gasteiger partial charge on any atom is -0.349 e. The fourth-order valence-electron chi connectivity index (χ4n) is 2.95. The van der Waals surface area contributed by atoms with Crippen LogP contribution in [0.5, 0.6) is 0 Å². The number of hydrogen-bond donors (Lipinski definition) is 2. The molecule has 3 N–H and O–H groups in total. The molecule has 0 fully saturated rings. The van der Waals surface area contributed by atoms with Crippen LogP contribution in [0.4, 0.5) is 0 Å². The van der Waals surface area contributed by atoms with E-state index in [1.165, 1.54) is 4.90 Å². The highest BCUT2D eigenvalue weighted by molar-refractivity contribution is 7.99. The molecule has 1 heterocycles. The highest BCUT2D eigenvalue weighted by atomic mass is 35.5. The molecular weight excluding hydrogens is 375 g/mol. The molecule has 0 saturated heterocycles. The number of thioether (sulfide) groups is 1. The number of carbonyl (C=O) groups excluding carboxylic acids is 1. The molecule has 1 amide bonds. The Kier molecular flexibility index (Phi) is 7.20. The summed E-state index contributed by atoms with van der Waals surface area (Å²) in [6.45, 7) is 1.88. The lowest BCUT2D eigenvalue weighted by molar-refractivity contribution is -0.126. The predicted octanol–water partition coefficient (Wildman–Crippen LogP) is 4.75. The predicted molar refractivity (Wildman–Crippen MR) is 107 cm³/mol. The Labute approximate surface area is 164 Å². The van der Waals surface area contributed by atoms with Gasteiger partial charge in [-0.1, -0.05) is 48.9 Å². The fourth-order valence-corrected chi connectivity index (χ4v) is 4.23. The van der Waals surface area contributed by atoms with Crippen LogP contribution < -0.4 is 11.1 Å². The Morgan fingerprint density at radius 2 is 2.00 bits per heavy atom.